The molecule has 3 heterocycles. The third-order valence-electron chi connectivity index (χ3n) is 5.45. The minimum Gasteiger partial charge on any atom is -0.487 e. The maximum absolute atomic E-state index is 12.8. The molecule has 0 amide bonds. The van der Waals surface area contributed by atoms with Crippen LogP contribution in [-0.4, -0.2) is 59.3 Å². The molecule has 166 valence electrons. The van der Waals surface area contributed by atoms with Gasteiger partial charge in [0.15, 0.2) is 0 Å². The van der Waals surface area contributed by atoms with Crippen LogP contribution in [0.3, 0.4) is 0 Å². The van der Waals surface area contributed by atoms with E-state index in [0.717, 1.165) is 27.3 Å². The highest BCUT2D eigenvalue weighted by molar-refractivity contribution is 7.86. The zero-order valence-corrected chi connectivity index (χ0v) is 19.5. The largest absolute Gasteiger partial charge is 0.487 e. The Labute approximate surface area is 187 Å². The van der Waals surface area contributed by atoms with Crippen LogP contribution in [0.4, 0.5) is 11.5 Å². The van der Waals surface area contributed by atoms with Crippen LogP contribution in [0.1, 0.15) is 25.8 Å². The number of rotatable bonds is 8. The number of aromatic nitrogens is 2. The second kappa shape index (κ2) is 9.07. The minimum absolute atomic E-state index is 0.207. The number of benzene rings is 1. The topological polar surface area (TPSA) is 87.7 Å². The summed E-state index contributed by atoms with van der Waals surface area (Å²) in [5.41, 5.74) is 1.91. The molecule has 10 heteroatoms. The van der Waals surface area contributed by atoms with Crippen molar-refractivity contribution in [2.24, 2.45) is 0 Å². The van der Waals surface area contributed by atoms with E-state index in [-0.39, 0.29) is 6.10 Å². The van der Waals surface area contributed by atoms with Crippen LogP contribution in [0.15, 0.2) is 36.0 Å². The number of hydrogen-bond donors (Lipinski definition) is 1. The molecule has 1 saturated heterocycles. The SMILES string of the molecule is CCN(CC)S(=O)(=O)N1CCC(Oc2ccccc2Nc2ncnc3scc(C)c23)C1. The van der Waals surface area contributed by atoms with Gasteiger partial charge in [-0.15, -0.1) is 11.3 Å². The van der Waals surface area contributed by atoms with Gasteiger partial charge >= 0.3 is 0 Å². The summed E-state index contributed by atoms with van der Waals surface area (Å²) in [5.74, 6) is 1.41. The molecule has 3 aromatic rings. The van der Waals surface area contributed by atoms with E-state index in [0.29, 0.717) is 38.3 Å². The van der Waals surface area contributed by atoms with Crippen molar-refractivity contribution in [3.8, 4) is 5.75 Å². The van der Waals surface area contributed by atoms with Gasteiger partial charge in [-0.2, -0.15) is 17.0 Å². The molecular formula is C21H27N5O3S2. The number of ether oxygens (including phenoxy) is 1. The van der Waals surface area contributed by atoms with Crippen molar-refractivity contribution in [1.82, 2.24) is 18.6 Å². The Balaban J connectivity index is 1.52. The third-order valence-corrected chi connectivity index (χ3v) is 8.61. The highest BCUT2D eigenvalue weighted by Crippen LogP contribution is 2.34. The van der Waals surface area contributed by atoms with E-state index in [4.69, 9.17) is 4.74 Å². The third kappa shape index (κ3) is 4.38. The average Bonchev–Trinajstić information content (AvgIpc) is 3.38. The highest BCUT2D eigenvalue weighted by Gasteiger charge is 2.35. The van der Waals surface area contributed by atoms with Gasteiger partial charge in [-0.05, 0) is 36.4 Å². The second-order valence-electron chi connectivity index (χ2n) is 7.42. The second-order valence-corrected chi connectivity index (χ2v) is 10.2. The van der Waals surface area contributed by atoms with Gasteiger partial charge in [-0.25, -0.2) is 9.97 Å². The van der Waals surface area contributed by atoms with Crippen LogP contribution in [0.5, 0.6) is 5.75 Å². The molecule has 4 rings (SSSR count). The van der Waals surface area contributed by atoms with Crippen molar-refractivity contribution in [3.05, 3.63) is 41.5 Å². The zero-order chi connectivity index (χ0) is 22.0. The van der Waals surface area contributed by atoms with Gasteiger partial charge in [0.1, 0.15) is 28.8 Å². The van der Waals surface area contributed by atoms with Gasteiger partial charge in [-0.3, -0.25) is 0 Å². The van der Waals surface area contributed by atoms with E-state index >= 15 is 0 Å². The molecular weight excluding hydrogens is 434 g/mol. The van der Waals surface area contributed by atoms with Crippen molar-refractivity contribution in [1.29, 1.82) is 0 Å². The molecule has 0 aliphatic carbocycles. The minimum atomic E-state index is -3.45. The number of hydrogen-bond acceptors (Lipinski definition) is 7. The summed E-state index contributed by atoms with van der Waals surface area (Å²) < 4.78 is 34.9. The monoisotopic (exact) mass is 461 g/mol. The van der Waals surface area contributed by atoms with E-state index in [9.17, 15) is 8.42 Å². The van der Waals surface area contributed by atoms with Crippen LogP contribution in [0.2, 0.25) is 0 Å². The lowest BCUT2D eigenvalue weighted by atomic mass is 10.2. The maximum atomic E-state index is 12.8. The normalized spacial score (nSPS) is 17.5. The zero-order valence-electron chi connectivity index (χ0n) is 17.9. The Morgan fingerprint density at radius 3 is 2.81 bits per heavy atom. The first-order valence-corrected chi connectivity index (χ1v) is 12.7. The lowest BCUT2D eigenvalue weighted by Gasteiger charge is -2.25. The number of para-hydroxylation sites is 2. The van der Waals surface area contributed by atoms with Crippen LogP contribution < -0.4 is 10.1 Å². The summed E-state index contributed by atoms with van der Waals surface area (Å²) in [7, 11) is -3.45. The van der Waals surface area contributed by atoms with Gasteiger partial charge in [0.2, 0.25) is 0 Å². The van der Waals surface area contributed by atoms with Crippen molar-refractivity contribution < 1.29 is 13.2 Å². The Hall–Kier alpha value is -2.27. The molecule has 1 atom stereocenters. The fraction of sp³-hybridized carbons (Fsp3) is 0.429. The number of nitrogens with one attached hydrogen (secondary N) is 1. The summed E-state index contributed by atoms with van der Waals surface area (Å²) in [6.45, 7) is 7.47. The molecule has 31 heavy (non-hydrogen) atoms. The van der Waals surface area contributed by atoms with E-state index < -0.39 is 10.2 Å². The van der Waals surface area contributed by atoms with E-state index in [1.54, 1.807) is 17.7 Å². The average molecular weight is 462 g/mol. The standard InChI is InChI=1S/C21H27N5O3S2/c1-4-25(5-2)31(27,28)26-11-10-16(12-26)29-18-9-7-6-8-17(18)24-20-19-15(3)13-30-21(19)23-14-22-20/h6-9,13-14,16H,4-5,10-12H2,1-3H3,(H,22,23,24). The lowest BCUT2D eigenvalue weighted by molar-refractivity contribution is 0.215. The fourth-order valence-corrected chi connectivity index (χ4v) is 6.37. The molecule has 1 fully saturated rings. The van der Waals surface area contributed by atoms with Crippen LogP contribution in [0, 0.1) is 6.92 Å². The molecule has 1 aromatic carbocycles. The summed E-state index contributed by atoms with van der Waals surface area (Å²) >= 11 is 1.59. The van der Waals surface area contributed by atoms with E-state index in [1.807, 2.05) is 45.0 Å². The number of fused-ring (bicyclic) bond motifs is 1. The number of anilines is 2. The Morgan fingerprint density at radius 2 is 2.03 bits per heavy atom. The highest BCUT2D eigenvalue weighted by atomic mass is 32.2. The van der Waals surface area contributed by atoms with E-state index in [2.05, 4.69) is 20.7 Å². The number of nitrogens with zero attached hydrogens (tertiary/aromatic N) is 4. The quantitative estimate of drug-likeness (QED) is 0.549. The molecule has 0 spiro atoms. The molecule has 0 bridgehead atoms. The van der Waals surface area contributed by atoms with Gasteiger partial charge in [0, 0.05) is 19.6 Å². The van der Waals surface area contributed by atoms with Crippen molar-refractivity contribution in [2.75, 3.05) is 31.5 Å². The Kier molecular flexibility index (Phi) is 6.42. The van der Waals surface area contributed by atoms with Crippen LogP contribution in [-0.2, 0) is 10.2 Å². The Bertz CT molecular complexity index is 1160. The van der Waals surface area contributed by atoms with Crippen LogP contribution in [0.25, 0.3) is 10.2 Å². The van der Waals surface area contributed by atoms with Crippen LogP contribution >= 0.6 is 11.3 Å². The molecule has 0 saturated carbocycles. The predicted molar refractivity (Wildman–Crippen MR) is 124 cm³/mol. The molecule has 2 aromatic heterocycles. The first-order chi connectivity index (χ1) is 14.9. The maximum Gasteiger partial charge on any atom is 0.282 e. The predicted octanol–water partition coefficient (Wildman–Crippen LogP) is 3.78. The van der Waals surface area contributed by atoms with Crippen molar-refractivity contribution in [3.63, 3.8) is 0 Å². The van der Waals surface area contributed by atoms with Gasteiger partial charge in [-0.1, -0.05) is 26.0 Å². The Morgan fingerprint density at radius 1 is 1.26 bits per heavy atom. The molecule has 1 N–H and O–H groups in total. The number of aryl methyl sites for hydroxylation is 1. The first kappa shape index (κ1) is 21.9. The molecule has 1 aliphatic heterocycles. The summed E-state index contributed by atoms with van der Waals surface area (Å²) in [4.78, 5) is 9.70. The van der Waals surface area contributed by atoms with E-state index in [1.165, 1.54) is 8.61 Å². The molecule has 8 nitrogen and oxygen atoms in total. The summed E-state index contributed by atoms with van der Waals surface area (Å²) in [5, 5.41) is 6.45. The summed E-state index contributed by atoms with van der Waals surface area (Å²) in [6.07, 6.45) is 1.99. The fourth-order valence-electron chi connectivity index (χ4n) is 3.81. The number of thiophene rings is 1. The van der Waals surface area contributed by atoms with Gasteiger partial charge < -0.3 is 10.1 Å². The van der Waals surface area contributed by atoms with Gasteiger partial charge in [0.05, 0.1) is 17.6 Å². The lowest BCUT2D eigenvalue weighted by Crippen LogP contribution is -2.43. The van der Waals surface area contributed by atoms with Crippen molar-refractivity contribution >= 4 is 43.3 Å². The van der Waals surface area contributed by atoms with Gasteiger partial charge in [0.25, 0.3) is 10.2 Å². The molecule has 1 aliphatic rings. The summed E-state index contributed by atoms with van der Waals surface area (Å²) in [6, 6.07) is 7.66. The molecule has 0 radical (unpaired) electrons. The molecule has 1 unspecified atom stereocenters. The van der Waals surface area contributed by atoms with Crippen molar-refractivity contribution in [2.45, 2.75) is 33.3 Å². The first-order valence-electron chi connectivity index (χ1n) is 10.4. The smallest absolute Gasteiger partial charge is 0.282 e.